The minimum absolute atomic E-state index is 0.0324. The number of carbonyl (C=O) groups is 2. The van der Waals surface area contributed by atoms with Crippen molar-refractivity contribution in [3.63, 3.8) is 0 Å². The summed E-state index contributed by atoms with van der Waals surface area (Å²) in [7, 11) is -3.97. The second-order valence-corrected chi connectivity index (χ2v) is 8.77. The zero-order chi connectivity index (χ0) is 21.2. The molecule has 1 saturated heterocycles. The van der Waals surface area contributed by atoms with Crippen molar-refractivity contribution in [3.05, 3.63) is 58.1 Å². The van der Waals surface area contributed by atoms with E-state index in [4.69, 9.17) is 33.7 Å². The highest BCUT2D eigenvalue weighted by Crippen LogP contribution is 2.27. The number of morpholine rings is 1. The van der Waals surface area contributed by atoms with Gasteiger partial charge in [0.15, 0.2) is 6.10 Å². The number of hydrogen-bond acceptors (Lipinski definition) is 5. The largest absolute Gasteiger partial charge is 0.367 e. The normalized spacial score (nSPS) is 17.0. The molecule has 29 heavy (non-hydrogen) atoms. The van der Waals surface area contributed by atoms with Crippen LogP contribution in [0.15, 0.2) is 47.4 Å². The molecule has 0 spiro atoms. The van der Waals surface area contributed by atoms with Crippen LogP contribution in [0.2, 0.25) is 10.0 Å². The Morgan fingerprint density at radius 2 is 1.83 bits per heavy atom. The molecule has 3 rings (SSSR count). The Kier molecular flexibility index (Phi) is 6.33. The number of nitrogens with two attached hydrogens (primary N) is 1. The molecule has 0 bridgehead atoms. The smallest absolute Gasteiger partial charge is 0.263 e. The molecule has 1 fully saturated rings. The fourth-order valence-electron chi connectivity index (χ4n) is 2.76. The quantitative estimate of drug-likeness (QED) is 0.712. The Labute approximate surface area is 177 Å². The SMILES string of the molecule is NC(=O)C1CN(C(=O)c2ccc(NS(=O)(=O)c3cc(Cl)ccc3Cl)cc2)CCO1. The van der Waals surface area contributed by atoms with Crippen LogP contribution < -0.4 is 10.5 Å². The molecule has 0 saturated carbocycles. The van der Waals surface area contributed by atoms with Gasteiger partial charge in [-0.3, -0.25) is 14.3 Å². The predicted octanol–water partition coefficient (Wildman–Crippen LogP) is 2.12. The van der Waals surface area contributed by atoms with Gasteiger partial charge in [-0.1, -0.05) is 23.2 Å². The molecule has 1 atom stereocenters. The van der Waals surface area contributed by atoms with Gasteiger partial charge < -0.3 is 15.4 Å². The van der Waals surface area contributed by atoms with Gasteiger partial charge in [0, 0.05) is 22.8 Å². The van der Waals surface area contributed by atoms with Gasteiger partial charge in [0.1, 0.15) is 4.90 Å². The Bertz CT molecular complexity index is 1040. The minimum Gasteiger partial charge on any atom is -0.367 e. The van der Waals surface area contributed by atoms with Crippen molar-refractivity contribution in [1.82, 2.24) is 4.90 Å². The number of primary amides is 1. The predicted molar refractivity (Wildman–Crippen MR) is 109 cm³/mol. The number of benzene rings is 2. The minimum atomic E-state index is -3.97. The first-order valence-electron chi connectivity index (χ1n) is 8.45. The van der Waals surface area contributed by atoms with Gasteiger partial charge in [-0.15, -0.1) is 0 Å². The van der Waals surface area contributed by atoms with Crippen LogP contribution in [0, 0.1) is 0 Å². The first-order valence-corrected chi connectivity index (χ1v) is 10.7. The first-order chi connectivity index (χ1) is 13.7. The summed E-state index contributed by atoms with van der Waals surface area (Å²) in [5.41, 5.74) is 5.81. The van der Waals surface area contributed by atoms with Crippen LogP contribution in [0.3, 0.4) is 0 Å². The fourth-order valence-corrected chi connectivity index (χ4v) is 4.58. The van der Waals surface area contributed by atoms with Crippen LogP contribution in [0.25, 0.3) is 0 Å². The summed E-state index contributed by atoms with van der Waals surface area (Å²) in [6.45, 7) is 0.595. The lowest BCUT2D eigenvalue weighted by Gasteiger charge is -2.31. The lowest BCUT2D eigenvalue weighted by Crippen LogP contribution is -2.50. The third-order valence-electron chi connectivity index (χ3n) is 4.24. The number of nitrogens with one attached hydrogen (secondary N) is 1. The third kappa shape index (κ3) is 4.99. The maximum absolute atomic E-state index is 12.6. The average Bonchev–Trinajstić information content (AvgIpc) is 2.69. The second kappa shape index (κ2) is 8.58. The second-order valence-electron chi connectivity index (χ2n) is 6.27. The van der Waals surface area contributed by atoms with E-state index in [1.165, 1.54) is 47.4 Å². The van der Waals surface area contributed by atoms with E-state index in [-0.39, 0.29) is 39.7 Å². The molecular formula is C18H17Cl2N3O5S. The molecule has 0 aliphatic carbocycles. The van der Waals surface area contributed by atoms with E-state index in [2.05, 4.69) is 4.72 Å². The maximum atomic E-state index is 12.6. The molecule has 1 heterocycles. The van der Waals surface area contributed by atoms with Crippen molar-refractivity contribution in [2.75, 3.05) is 24.4 Å². The number of nitrogens with zero attached hydrogens (tertiary/aromatic N) is 1. The number of ether oxygens (including phenoxy) is 1. The van der Waals surface area contributed by atoms with Crippen molar-refractivity contribution in [2.45, 2.75) is 11.0 Å². The van der Waals surface area contributed by atoms with Crippen LogP contribution in [0.4, 0.5) is 5.69 Å². The Balaban J connectivity index is 1.74. The Morgan fingerprint density at radius 1 is 1.14 bits per heavy atom. The average molecular weight is 458 g/mol. The zero-order valence-corrected chi connectivity index (χ0v) is 17.3. The number of anilines is 1. The Morgan fingerprint density at radius 3 is 2.48 bits per heavy atom. The summed E-state index contributed by atoms with van der Waals surface area (Å²) in [6.07, 6.45) is -0.846. The molecule has 8 nitrogen and oxygen atoms in total. The number of sulfonamides is 1. The van der Waals surface area contributed by atoms with Gasteiger partial charge >= 0.3 is 0 Å². The van der Waals surface area contributed by atoms with E-state index in [0.717, 1.165) is 0 Å². The topological polar surface area (TPSA) is 119 Å². The summed E-state index contributed by atoms with van der Waals surface area (Å²) >= 11 is 11.8. The van der Waals surface area contributed by atoms with Crippen molar-refractivity contribution < 1.29 is 22.7 Å². The molecule has 2 amide bonds. The first kappa shape index (κ1) is 21.4. The molecule has 0 aromatic heterocycles. The van der Waals surface area contributed by atoms with Crippen molar-refractivity contribution >= 4 is 50.7 Å². The molecule has 3 N–H and O–H groups in total. The maximum Gasteiger partial charge on any atom is 0.263 e. The molecule has 154 valence electrons. The van der Waals surface area contributed by atoms with Crippen LogP contribution in [-0.4, -0.2) is 50.9 Å². The highest BCUT2D eigenvalue weighted by Gasteiger charge is 2.28. The summed E-state index contributed by atoms with van der Waals surface area (Å²) in [6, 6.07) is 9.99. The van der Waals surface area contributed by atoms with Gasteiger partial charge in [-0.2, -0.15) is 0 Å². The molecule has 0 radical (unpaired) electrons. The number of hydrogen-bond donors (Lipinski definition) is 2. The summed E-state index contributed by atoms with van der Waals surface area (Å²) in [5.74, 6) is -0.946. The molecule has 1 aliphatic heterocycles. The van der Waals surface area contributed by atoms with Crippen molar-refractivity contribution in [2.24, 2.45) is 5.73 Å². The Hall–Kier alpha value is -2.33. The molecule has 1 aliphatic rings. The van der Waals surface area contributed by atoms with Crippen molar-refractivity contribution in [1.29, 1.82) is 0 Å². The van der Waals surface area contributed by atoms with Crippen LogP contribution >= 0.6 is 23.2 Å². The zero-order valence-electron chi connectivity index (χ0n) is 15.0. The number of rotatable bonds is 5. The molecule has 2 aromatic carbocycles. The van der Waals surface area contributed by atoms with Gasteiger partial charge in [-0.05, 0) is 42.5 Å². The molecule has 1 unspecified atom stereocenters. The highest BCUT2D eigenvalue weighted by molar-refractivity contribution is 7.92. The van der Waals surface area contributed by atoms with Crippen LogP contribution in [0.5, 0.6) is 0 Å². The summed E-state index contributed by atoms with van der Waals surface area (Å²) < 4.78 is 32.7. The van der Waals surface area contributed by atoms with Crippen molar-refractivity contribution in [3.8, 4) is 0 Å². The van der Waals surface area contributed by atoms with Gasteiger partial charge in [-0.25, -0.2) is 8.42 Å². The number of carbonyl (C=O) groups excluding carboxylic acids is 2. The molecule has 11 heteroatoms. The summed E-state index contributed by atoms with van der Waals surface area (Å²) in [5, 5.41) is 0.264. The van der Waals surface area contributed by atoms with Crippen LogP contribution in [-0.2, 0) is 19.6 Å². The monoisotopic (exact) mass is 457 g/mol. The third-order valence-corrected chi connectivity index (χ3v) is 6.34. The highest BCUT2D eigenvalue weighted by atomic mass is 35.5. The van der Waals surface area contributed by atoms with E-state index < -0.39 is 22.0 Å². The molecular weight excluding hydrogens is 441 g/mol. The van der Waals surface area contributed by atoms with E-state index in [1.807, 2.05) is 0 Å². The lowest BCUT2D eigenvalue weighted by atomic mass is 10.1. The van der Waals surface area contributed by atoms with E-state index in [1.54, 1.807) is 0 Å². The van der Waals surface area contributed by atoms with E-state index >= 15 is 0 Å². The van der Waals surface area contributed by atoms with Gasteiger partial charge in [0.25, 0.3) is 15.9 Å². The van der Waals surface area contributed by atoms with Gasteiger partial charge in [0.2, 0.25) is 5.91 Å². The number of amides is 2. The van der Waals surface area contributed by atoms with E-state index in [9.17, 15) is 18.0 Å². The lowest BCUT2D eigenvalue weighted by molar-refractivity contribution is -0.133. The summed E-state index contributed by atoms with van der Waals surface area (Å²) in [4.78, 5) is 25.2. The van der Waals surface area contributed by atoms with Crippen LogP contribution in [0.1, 0.15) is 10.4 Å². The van der Waals surface area contributed by atoms with Gasteiger partial charge in [0.05, 0.1) is 18.2 Å². The number of halogens is 2. The van der Waals surface area contributed by atoms with E-state index in [0.29, 0.717) is 12.1 Å². The fraction of sp³-hybridized carbons (Fsp3) is 0.222. The standard InChI is InChI=1S/C18H17Cl2N3O5S/c19-12-3-6-14(20)16(9-12)29(26,27)22-13-4-1-11(2-5-13)18(25)23-7-8-28-15(10-23)17(21)24/h1-6,9,15,22H,7-8,10H2,(H2,21,24). The molecule has 2 aromatic rings.